The van der Waals surface area contributed by atoms with Crippen molar-refractivity contribution in [3.8, 4) is 17.2 Å². The first-order valence-corrected chi connectivity index (χ1v) is 13.9. The van der Waals surface area contributed by atoms with E-state index in [4.69, 9.17) is 9.47 Å². The van der Waals surface area contributed by atoms with Crippen LogP contribution in [0.4, 0.5) is 26.3 Å². The third-order valence-corrected chi connectivity index (χ3v) is 7.16. The molecule has 44 heavy (non-hydrogen) atoms. The molecule has 4 aromatic rings. The van der Waals surface area contributed by atoms with Gasteiger partial charge in [-0.1, -0.05) is 69.3 Å². The first-order chi connectivity index (χ1) is 20.4. The lowest BCUT2D eigenvalue weighted by Gasteiger charge is -2.38. The minimum atomic E-state index is -5.72. The molecule has 9 heteroatoms. The van der Waals surface area contributed by atoms with Crippen molar-refractivity contribution in [2.24, 2.45) is 0 Å². The molecule has 0 aliphatic carbocycles. The smallest absolute Gasteiger partial charge is 0.411 e. The lowest BCUT2D eigenvalue weighted by atomic mass is 9.73. The molecule has 3 nitrogen and oxygen atoms in total. The summed E-state index contributed by atoms with van der Waals surface area (Å²) in [6, 6.07) is 20.7. The molecule has 0 saturated carbocycles. The van der Waals surface area contributed by atoms with E-state index < -0.39 is 28.9 Å². The Morgan fingerprint density at radius 3 is 1.25 bits per heavy atom. The quantitative estimate of drug-likeness (QED) is 0.146. The highest BCUT2D eigenvalue weighted by atomic mass is 19.4. The van der Waals surface area contributed by atoms with Crippen LogP contribution in [-0.2, 0) is 10.8 Å². The Bertz CT molecular complexity index is 1550. The van der Waals surface area contributed by atoms with Gasteiger partial charge in [0.05, 0.1) is 6.10 Å². The van der Waals surface area contributed by atoms with E-state index >= 15 is 0 Å². The van der Waals surface area contributed by atoms with Crippen molar-refractivity contribution in [3.63, 3.8) is 0 Å². The van der Waals surface area contributed by atoms with Gasteiger partial charge in [0.1, 0.15) is 17.2 Å². The Balaban J connectivity index is 1.58. The molecule has 0 unspecified atom stereocenters. The number of halogens is 6. The second-order valence-corrected chi connectivity index (χ2v) is 11.7. The van der Waals surface area contributed by atoms with Crippen LogP contribution in [0.15, 0.2) is 97.1 Å². The molecular formula is C35H32F6O3. The van der Waals surface area contributed by atoms with Gasteiger partial charge in [0.25, 0.3) is 0 Å². The first kappa shape index (κ1) is 32.6. The number of benzene rings is 4. The van der Waals surface area contributed by atoms with E-state index in [-0.39, 0.29) is 34.6 Å². The highest BCUT2D eigenvalue weighted by molar-refractivity contribution is 6.09. The summed E-state index contributed by atoms with van der Waals surface area (Å²) >= 11 is 0. The number of ketones is 1. The van der Waals surface area contributed by atoms with Gasteiger partial charge in [-0.3, -0.25) is 4.79 Å². The van der Waals surface area contributed by atoms with Crippen molar-refractivity contribution in [1.82, 2.24) is 0 Å². The summed E-state index contributed by atoms with van der Waals surface area (Å²) in [6.07, 6.45) is -11.8. The van der Waals surface area contributed by atoms with Crippen LogP contribution in [0.5, 0.6) is 17.2 Å². The number of hydrogen-bond donors (Lipinski definition) is 0. The zero-order valence-electron chi connectivity index (χ0n) is 24.8. The van der Waals surface area contributed by atoms with Gasteiger partial charge >= 0.3 is 12.4 Å². The van der Waals surface area contributed by atoms with E-state index in [0.717, 1.165) is 54.1 Å². The van der Waals surface area contributed by atoms with Crippen molar-refractivity contribution in [1.29, 1.82) is 0 Å². The second kappa shape index (κ2) is 12.0. The number of hydrogen-bond acceptors (Lipinski definition) is 3. The van der Waals surface area contributed by atoms with E-state index in [2.05, 4.69) is 20.8 Å². The molecular weight excluding hydrogens is 582 g/mol. The molecule has 0 bridgehead atoms. The number of rotatable bonds is 8. The van der Waals surface area contributed by atoms with Crippen molar-refractivity contribution in [2.75, 3.05) is 0 Å². The number of carbonyl (C=O) groups excluding carboxylic acids is 1. The van der Waals surface area contributed by atoms with Crippen LogP contribution in [0.2, 0.25) is 0 Å². The molecule has 232 valence electrons. The number of ether oxygens (including phenoxy) is 2. The summed E-state index contributed by atoms with van der Waals surface area (Å²) in [5.74, 6) is 0.207. The molecule has 4 rings (SSSR count). The average Bonchev–Trinajstić information content (AvgIpc) is 2.93. The van der Waals surface area contributed by atoms with E-state index in [1.807, 2.05) is 12.1 Å². The number of carbonyl (C=O) groups is 1. The van der Waals surface area contributed by atoms with Gasteiger partial charge in [-0.25, -0.2) is 0 Å². The fourth-order valence-corrected chi connectivity index (χ4v) is 4.91. The fraction of sp³-hybridized carbons (Fsp3) is 0.286. The third-order valence-electron chi connectivity index (χ3n) is 7.16. The van der Waals surface area contributed by atoms with Gasteiger partial charge in [0.2, 0.25) is 5.41 Å². The van der Waals surface area contributed by atoms with Crippen LogP contribution in [0.3, 0.4) is 0 Å². The number of alkyl halides is 6. The topological polar surface area (TPSA) is 35.5 Å². The SMILES string of the molecule is CC(C)Oc1ccc(C(c2ccc(Oc3ccc(C(=O)c4ccc(C(C)(C)C)cc4)cc3)cc2)(C(F)(F)F)C(F)(F)F)cc1. The summed E-state index contributed by atoms with van der Waals surface area (Å²) in [6.45, 7) is 9.59. The molecule has 4 aromatic carbocycles. The largest absolute Gasteiger partial charge is 0.491 e. The Kier molecular flexibility index (Phi) is 8.92. The van der Waals surface area contributed by atoms with E-state index in [1.54, 1.807) is 26.0 Å². The molecule has 0 aliphatic rings. The van der Waals surface area contributed by atoms with Crippen LogP contribution in [0.1, 0.15) is 67.2 Å². The minimum Gasteiger partial charge on any atom is -0.491 e. The first-order valence-electron chi connectivity index (χ1n) is 13.9. The Morgan fingerprint density at radius 2 is 0.886 bits per heavy atom. The predicted octanol–water partition coefficient (Wildman–Crippen LogP) is 10.2. The van der Waals surface area contributed by atoms with E-state index in [9.17, 15) is 31.1 Å². The highest BCUT2D eigenvalue weighted by Gasteiger charge is 2.72. The monoisotopic (exact) mass is 614 g/mol. The molecule has 0 aliphatic heterocycles. The van der Waals surface area contributed by atoms with E-state index in [0.29, 0.717) is 11.1 Å². The van der Waals surface area contributed by atoms with Crippen molar-refractivity contribution in [3.05, 3.63) is 125 Å². The van der Waals surface area contributed by atoms with Gasteiger partial charge in [-0.15, -0.1) is 0 Å². The molecule has 0 heterocycles. The van der Waals surface area contributed by atoms with Gasteiger partial charge in [-0.2, -0.15) is 26.3 Å². The summed E-state index contributed by atoms with van der Waals surface area (Å²) in [5, 5.41) is 0. The van der Waals surface area contributed by atoms with Crippen LogP contribution in [0.25, 0.3) is 0 Å². The molecule has 0 saturated heterocycles. The zero-order chi connectivity index (χ0) is 32.5. The Hall–Kier alpha value is -4.27. The normalized spacial score (nSPS) is 12.7. The standard InChI is InChI=1S/C35H32F6O3/c1-22(2)43-28-18-12-26(13-19-28)33(34(36,37)38,35(39,40)41)27-14-20-30(21-15-27)44-29-16-8-24(9-17-29)31(42)23-6-10-25(11-7-23)32(3,4)5/h6-22H,1-5H3. The lowest BCUT2D eigenvalue weighted by Crippen LogP contribution is -2.54. The minimum absolute atomic E-state index is 0.0181. The summed E-state index contributed by atoms with van der Waals surface area (Å²) in [4.78, 5) is 12.9. The van der Waals surface area contributed by atoms with Crippen molar-refractivity contribution >= 4 is 5.78 Å². The molecule has 0 fully saturated rings. The molecule has 0 spiro atoms. The van der Waals surface area contributed by atoms with Gasteiger partial charge in [0, 0.05) is 11.1 Å². The van der Waals surface area contributed by atoms with Crippen LogP contribution in [0, 0.1) is 0 Å². The van der Waals surface area contributed by atoms with Crippen LogP contribution < -0.4 is 9.47 Å². The third kappa shape index (κ3) is 6.61. The maximum atomic E-state index is 14.5. The van der Waals surface area contributed by atoms with E-state index in [1.165, 1.54) is 24.3 Å². The molecule has 0 amide bonds. The molecule has 0 N–H and O–H groups in total. The van der Waals surface area contributed by atoms with Gasteiger partial charge in [0.15, 0.2) is 5.78 Å². The molecule has 0 atom stereocenters. The fourth-order valence-electron chi connectivity index (χ4n) is 4.91. The Morgan fingerprint density at radius 1 is 0.545 bits per heavy atom. The van der Waals surface area contributed by atoms with Crippen molar-refractivity contribution < 1.29 is 40.6 Å². The van der Waals surface area contributed by atoms with Crippen LogP contribution >= 0.6 is 0 Å². The summed E-state index contributed by atoms with van der Waals surface area (Å²) < 4.78 is 98.0. The maximum Gasteiger partial charge on any atom is 0.411 e. The lowest BCUT2D eigenvalue weighted by molar-refractivity contribution is -0.288. The second-order valence-electron chi connectivity index (χ2n) is 11.7. The van der Waals surface area contributed by atoms with Gasteiger partial charge < -0.3 is 9.47 Å². The molecule has 0 aromatic heterocycles. The van der Waals surface area contributed by atoms with Crippen LogP contribution in [-0.4, -0.2) is 24.2 Å². The van der Waals surface area contributed by atoms with Crippen molar-refractivity contribution in [2.45, 2.75) is 63.9 Å². The maximum absolute atomic E-state index is 14.5. The van der Waals surface area contributed by atoms with Gasteiger partial charge in [-0.05, 0) is 84.5 Å². The average molecular weight is 615 g/mol. The highest BCUT2D eigenvalue weighted by Crippen LogP contribution is 2.56. The molecule has 0 radical (unpaired) electrons. The predicted molar refractivity (Wildman–Crippen MR) is 157 cm³/mol. The zero-order valence-corrected chi connectivity index (χ0v) is 24.8. The summed E-state index contributed by atoms with van der Waals surface area (Å²) in [5.41, 5.74) is -4.38. The Labute approximate surface area is 252 Å². The summed E-state index contributed by atoms with van der Waals surface area (Å²) in [7, 11) is 0.